The number of piperidine rings is 1. The van der Waals surface area contributed by atoms with Crippen LogP contribution in [0.1, 0.15) is 49.6 Å². The highest BCUT2D eigenvalue weighted by molar-refractivity contribution is 5.42. The van der Waals surface area contributed by atoms with Gasteiger partial charge in [-0.25, -0.2) is 19.9 Å². The molecule has 2 aromatic rings. The van der Waals surface area contributed by atoms with Gasteiger partial charge < -0.3 is 9.64 Å². The second kappa shape index (κ2) is 6.91. The lowest BCUT2D eigenvalue weighted by molar-refractivity contribution is 0.128. The Morgan fingerprint density at radius 3 is 3.00 bits per heavy atom. The minimum Gasteiger partial charge on any atom is -0.374 e. The Bertz CT molecular complexity index is 710. The fraction of sp³-hybridized carbons (Fsp3) is 0.600. The summed E-state index contributed by atoms with van der Waals surface area (Å²) in [6.45, 7) is 5.82. The van der Waals surface area contributed by atoms with Crippen molar-refractivity contribution >= 4 is 5.82 Å². The number of anilines is 1. The Labute approximate surface area is 134 Å². The third kappa shape index (κ3) is 3.58. The minimum atomic E-state index is -0.276. The van der Waals surface area contributed by atoms with E-state index >= 15 is 0 Å². The zero-order valence-electron chi connectivity index (χ0n) is 13.5. The number of rotatable bonds is 5. The Hall–Kier alpha value is -2.22. The zero-order valence-corrected chi connectivity index (χ0v) is 13.5. The molecule has 23 heavy (non-hydrogen) atoms. The van der Waals surface area contributed by atoms with E-state index in [1.165, 1.54) is 0 Å². The number of aromatic nitrogens is 5. The van der Waals surface area contributed by atoms with E-state index in [1.54, 1.807) is 0 Å². The number of aryl methyl sites for hydroxylation is 1. The summed E-state index contributed by atoms with van der Waals surface area (Å²) in [4.78, 5) is 25.4. The zero-order chi connectivity index (χ0) is 16.2. The summed E-state index contributed by atoms with van der Waals surface area (Å²) in [7, 11) is 0. The van der Waals surface area contributed by atoms with Crippen LogP contribution in [0.25, 0.3) is 0 Å². The second-order valence-electron chi connectivity index (χ2n) is 5.69. The maximum absolute atomic E-state index is 11.4. The molecule has 0 amide bonds. The molecule has 1 saturated heterocycles. The van der Waals surface area contributed by atoms with E-state index in [2.05, 4.69) is 30.0 Å². The molecule has 3 rings (SSSR count). The van der Waals surface area contributed by atoms with E-state index in [0.717, 1.165) is 37.3 Å². The topological polar surface area (TPSA) is 99.8 Å². The molecule has 0 aromatic carbocycles. The van der Waals surface area contributed by atoms with E-state index in [4.69, 9.17) is 4.74 Å². The molecule has 0 radical (unpaired) electrons. The Morgan fingerprint density at radius 2 is 2.26 bits per heavy atom. The summed E-state index contributed by atoms with van der Waals surface area (Å²) in [6.07, 6.45) is 3.13. The molecular formula is C15H22N6O2. The number of hydrogen-bond donors (Lipinski definition) is 2. The monoisotopic (exact) mass is 318 g/mol. The molecule has 124 valence electrons. The quantitative estimate of drug-likeness (QED) is 0.866. The van der Waals surface area contributed by atoms with Gasteiger partial charge in [0.15, 0.2) is 11.6 Å². The van der Waals surface area contributed by atoms with Gasteiger partial charge in [0, 0.05) is 24.9 Å². The van der Waals surface area contributed by atoms with Gasteiger partial charge in [-0.05, 0) is 33.1 Å². The largest absolute Gasteiger partial charge is 0.374 e. The fourth-order valence-electron chi connectivity index (χ4n) is 2.95. The number of hydrogen-bond acceptors (Lipinski definition) is 6. The van der Waals surface area contributed by atoms with Gasteiger partial charge in [-0.3, -0.25) is 4.98 Å². The summed E-state index contributed by atoms with van der Waals surface area (Å²) in [5, 5.41) is 6.55. The van der Waals surface area contributed by atoms with Gasteiger partial charge in [-0.1, -0.05) is 0 Å². The van der Waals surface area contributed by atoms with E-state index in [0.29, 0.717) is 24.9 Å². The van der Waals surface area contributed by atoms with Crippen molar-refractivity contribution in [1.82, 2.24) is 25.1 Å². The molecule has 0 saturated carbocycles. The summed E-state index contributed by atoms with van der Waals surface area (Å²) in [5.41, 5.74) is 0.631. The second-order valence-corrected chi connectivity index (χ2v) is 5.69. The van der Waals surface area contributed by atoms with Crippen LogP contribution in [0.5, 0.6) is 0 Å². The molecule has 1 fully saturated rings. The van der Waals surface area contributed by atoms with E-state index < -0.39 is 0 Å². The fourth-order valence-corrected chi connectivity index (χ4v) is 2.95. The number of H-pyrrole nitrogens is 2. The molecule has 2 N–H and O–H groups in total. The van der Waals surface area contributed by atoms with Gasteiger partial charge in [-0.2, -0.15) is 5.10 Å². The van der Waals surface area contributed by atoms with Crippen molar-refractivity contribution in [2.45, 2.75) is 45.8 Å². The lowest BCUT2D eigenvalue weighted by Gasteiger charge is -2.35. The van der Waals surface area contributed by atoms with Crippen LogP contribution in [0.15, 0.2) is 10.9 Å². The summed E-state index contributed by atoms with van der Waals surface area (Å²) >= 11 is 0. The van der Waals surface area contributed by atoms with E-state index in [-0.39, 0.29) is 11.7 Å². The van der Waals surface area contributed by atoms with Gasteiger partial charge in [-0.15, -0.1) is 0 Å². The highest BCUT2D eigenvalue weighted by Crippen LogP contribution is 2.32. The molecule has 1 aliphatic rings. The van der Waals surface area contributed by atoms with E-state index in [1.807, 2.05) is 19.9 Å². The molecular weight excluding hydrogens is 296 g/mol. The molecule has 1 atom stereocenters. The van der Waals surface area contributed by atoms with Gasteiger partial charge in [0.25, 0.3) is 0 Å². The van der Waals surface area contributed by atoms with Crippen LogP contribution in [0.3, 0.4) is 0 Å². The van der Waals surface area contributed by atoms with Crippen molar-refractivity contribution in [3.05, 3.63) is 33.9 Å². The van der Waals surface area contributed by atoms with Crippen LogP contribution in [0, 0.1) is 6.92 Å². The summed E-state index contributed by atoms with van der Waals surface area (Å²) in [5.74, 6) is 2.21. The van der Waals surface area contributed by atoms with Gasteiger partial charge in [0.1, 0.15) is 12.4 Å². The van der Waals surface area contributed by atoms with Crippen molar-refractivity contribution in [2.24, 2.45) is 0 Å². The maximum atomic E-state index is 11.4. The van der Waals surface area contributed by atoms with E-state index in [9.17, 15) is 4.79 Å². The minimum absolute atomic E-state index is 0.0249. The molecule has 1 aliphatic heterocycles. The predicted octanol–water partition coefficient (Wildman–Crippen LogP) is 1.46. The first-order valence-corrected chi connectivity index (χ1v) is 8.01. The van der Waals surface area contributed by atoms with Gasteiger partial charge in [0.05, 0.1) is 6.04 Å². The summed E-state index contributed by atoms with van der Waals surface area (Å²) < 4.78 is 5.42. The molecule has 1 unspecified atom stereocenters. The SMILES string of the molecule is CCOCc1nc(C)cc(N2CCCCC2c2n[nH]c(=O)[nH]2)n1. The van der Waals surface area contributed by atoms with Crippen molar-refractivity contribution in [2.75, 3.05) is 18.1 Å². The number of aromatic amines is 2. The highest BCUT2D eigenvalue weighted by Gasteiger charge is 2.28. The molecule has 0 spiro atoms. The first-order valence-electron chi connectivity index (χ1n) is 8.01. The van der Waals surface area contributed by atoms with Gasteiger partial charge in [0.2, 0.25) is 0 Å². The van der Waals surface area contributed by atoms with Crippen LogP contribution < -0.4 is 10.6 Å². The van der Waals surface area contributed by atoms with Gasteiger partial charge >= 0.3 is 5.69 Å². The molecule has 0 aliphatic carbocycles. The maximum Gasteiger partial charge on any atom is 0.340 e. The van der Waals surface area contributed by atoms with Crippen molar-refractivity contribution < 1.29 is 4.74 Å². The third-order valence-electron chi connectivity index (χ3n) is 3.95. The molecule has 0 bridgehead atoms. The number of nitrogens with one attached hydrogen (secondary N) is 2. The van der Waals surface area contributed by atoms with Crippen LogP contribution in [-0.4, -0.2) is 38.3 Å². The van der Waals surface area contributed by atoms with Crippen LogP contribution in [-0.2, 0) is 11.3 Å². The van der Waals surface area contributed by atoms with Crippen LogP contribution >= 0.6 is 0 Å². The van der Waals surface area contributed by atoms with Crippen molar-refractivity contribution in [3.8, 4) is 0 Å². The average Bonchev–Trinajstić information content (AvgIpc) is 2.99. The Morgan fingerprint density at radius 1 is 1.39 bits per heavy atom. The normalized spacial score (nSPS) is 18.3. The smallest absolute Gasteiger partial charge is 0.340 e. The predicted molar refractivity (Wildman–Crippen MR) is 85.2 cm³/mol. The molecule has 8 heteroatoms. The standard InChI is InChI=1S/C15H22N6O2/c1-3-23-9-12-16-10(2)8-13(17-12)21-7-5-4-6-11(21)14-18-15(22)20-19-14/h8,11H,3-7,9H2,1-2H3,(H2,18,19,20,22). The lowest BCUT2D eigenvalue weighted by atomic mass is 10.0. The Kier molecular flexibility index (Phi) is 4.71. The molecule has 2 aromatic heterocycles. The average molecular weight is 318 g/mol. The first kappa shape index (κ1) is 15.7. The summed E-state index contributed by atoms with van der Waals surface area (Å²) in [6, 6.07) is 2.00. The van der Waals surface area contributed by atoms with Crippen LogP contribution in [0.2, 0.25) is 0 Å². The highest BCUT2D eigenvalue weighted by atomic mass is 16.5. The van der Waals surface area contributed by atoms with Crippen molar-refractivity contribution in [1.29, 1.82) is 0 Å². The first-order chi connectivity index (χ1) is 11.2. The number of ether oxygens (including phenoxy) is 1. The lowest BCUT2D eigenvalue weighted by Crippen LogP contribution is -2.35. The molecule has 8 nitrogen and oxygen atoms in total. The Balaban J connectivity index is 1.91. The third-order valence-corrected chi connectivity index (χ3v) is 3.95. The van der Waals surface area contributed by atoms with Crippen LogP contribution in [0.4, 0.5) is 5.82 Å². The molecule has 3 heterocycles. The number of nitrogens with zero attached hydrogens (tertiary/aromatic N) is 4. The van der Waals surface area contributed by atoms with Crippen molar-refractivity contribution in [3.63, 3.8) is 0 Å².